The lowest BCUT2D eigenvalue weighted by molar-refractivity contribution is 0.179. The zero-order valence-electron chi connectivity index (χ0n) is 15.9. The van der Waals surface area contributed by atoms with Crippen LogP contribution in [0.2, 0.25) is 0 Å². The minimum absolute atomic E-state index is 0.109. The van der Waals surface area contributed by atoms with Gasteiger partial charge >= 0.3 is 0 Å². The first-order valence-electron chi connectivity index (χ1n) is 8.06. The van der Waals surface area contributed by atoms with E-state index < -0.39 is 0 Å². The van der Waals surface area contributed by atoms with Gasteiger partial charge in [0.1, 0.15) is 0 Å². The van der Waals surface area contributed by atoms with Gasteiger partial charge in [-0.05, 0) is 24.6 Å². The van der Waals surface area contributed by atoms with Crippen LogP contribution in [0.3, 0.4) is 0 Å². The van der Waals surface area contributed by atoms with Crippen molar-refractivity contribution in [2.75, 3.05) is 41.5 Å². The summed E-state index contributed by atoms with van der Waals surface area (Å²) in [4.78, 5) is 4.26. The largest absolute Gasteiger partial charge is 0.493 e. The standard InChI is InChI=1S/C18H31N3O3/c1-13(11-22-5)21-17(19-4)20-12-18(2,3)14-8-9-15(23-6)16(10-14)24-7/h8-10,13H,11-12H2,1-7H3,(H2,19,20,21). The molecular weight excluding hydrogens is 306 g/mol. The molecule has 0 radical (unpaired) electrons. The van der Waals surface area contributed by atoms with Crippen molar-refractivity contribution < 1.29 is 14.2 Å². The molecule has 1 unspecified atom stereocenters. The fraction of sp³-hybridized carbons (Fsp3) is 0.611. The lowest BCUT2D eigenvalue weighted by Gasteiger charge is -2.28. The van der Waals surface area contributed by atoms with E-state index in [4.69, 9.17) is 14.2 Å². The van der Waals surface area contributed by atoms with Crippen molar-refractivity contribution in [3.63, 3.8) is 0 Å². The molecule has 1 aromatic rings. The van der Waals surface area contributed by atoms with Crippen LogP contribution in [0.25, 0.3) is 0 Å². The third-order valence-corrected chi connectivity index (χ3v) is 3.89. The Bertz CT molecular complexity index is 544. The van der Waals surface area contributed by atoms with Crippen molar-refractivity contribution in [3.8, 4) is 11.5 Å². The second-order valence-corrected chi connectivity index (χ2v) is 6.38. The smallest absolute Gasteiger partial charge is 0.191 e. The molecule has 0 aliphatic heterocycles. The highest BCUT2D eigenvalue weighted by Gasteiger charge is 2.23. The van der Waals surface area contributed by atoms with Gasteiger partial charge in [-0.15, -0.1) is 0 Å². The third kappa shape index (κ3) is 5.60. The van der Waals surface area contributed by atoms with Crippen LogP contribution in [-0.2, 0) is 10.2 Å². The zero-order chi connectivity index (χ0) is 18.2. The number of guanidine groups is 1. The van der Waals surface area contributed by atoms with E-state index in [-0.39, 0.29) is 11.5 Å². The van der Waals surface area contributed by atoms with Crippen LogP contribution in [0.4, 0.5) is 0 Å². The van der Waals surface area contributed by atoms with Crippen LogP contribution < -0.4 is 20.1 Å². The molecule has 0 saturated carbocycles. The summed E-state index contributed by atoms with van der Waals surface area (Å²) in [7, 11) is 6.74. The number of hydrogen-bond donors (Lipinski definition) is 2. The normalized spacial score (nSPS) is 13.4. The number of aliphatic imine (C=N–C) groups is 1. The molecule has 0 saturated heterocycles. The highest BCUT2D eigenvalue weighted by Crippen LogP contribution is 2.32. The van der Waals surface area contributed by atoms with Crippen LogP contribution in [0.15, 0.2) is 23.2 Å². The minimum atomic E-state index is -0.109. The van der Waals surface area contributed by atoms with Crippen LogP contribution in [0, 0.1) is 0 Å². The predicted octanol–water partition coefficient (Wildman–Crippen LogP) is 2.18. The molecule has 2 N–H and O–H groups in total. The first kappa shape index (κ1) is 20.1. The number of hydrogen-bond acceptors (Lipinski definition) is 4. The Balaban J connectivity index is 2.78. The van der Waals surface area contributed by atoms with Gasteiger partial charge < -0.3 is 24.8 Å². The maximum atomic E-state index is 5.40. The van der Waals surface area contributed by atoms with Crippen molar-refractivity contribution in [1.29, 1.82) is 0 Å². The molecule has 0 aromatic heterocycles. The van der Waals surface area contributed by atoms with E-state index in [9.17, 15) is 0 Å². The van der Waals surface area contributed by atoms with Gasteiger partial charge in [-0.1, -0.05) is 19.9 Å². The average Bonchev–Trinajstić information content (AvgIpc) is 2.58. The average molecular weight is 337 g/mol. The quantitative estimate of drug-likeness (QED) is 0.562. The Labute approximate surface area is 145 Å². The van der Waals surface area contributed by atoms with E-state index in [0.29, 0.717) is 6.61 Å². The maximum absolute atomic E-state index is 5.40. The zero-order valence-corrected chi connectivity index (χ0v) is 15.9. The molecular formula is C18H31N3O3. The Hall–Kier alpha value is -1.95. The molecule has 0 aliphatic carbocycles. The van der Waals surface area contributed by atoms with Gasteiger partial charge in [0.05, 0.1) is 20.8 Å². The number of rotatable bonds is 8. The summed E-state index contributed by atoms with van der Waals surface area (Å²) in [6, 6.07) is 6.20. The van der Waals surface area contributed by atoms with Gasteiger partial charge in [0.25, 0.3) is 0 Å². The molecule has 0 bridgehead atoms. The molecule has 1 atom stereocenters. The van der Waals surface area contributed by atoms with E-state index in [1.54, 1.807) is 28.4 Å². The first-order valence-corrected chi connectivity index (χ1v) is 8.06. The third-order valence-electron chi connectivity index (χ3n) is 3.89. The van der Waals surface area contributed by atoms with E-state index in [1.165, 1.54) is 0 Å². The van der Waals surface area contributed by atoms with Crippen molar-refractivity contribution in [2.24, 2.45) is 4.99 Å². The summed E-state index contributed by atoms with van der Waals surface area (Å²) >= 11 is 0. The molecule has 0 fully saturated rings. The van der Waals surface area contributed by atoms with Gasteiger partial charge in [0.2, 0.25) is 0 Å². The van der Waals surface area contributed by atoms with E-state index in [1.807, 2.05) is 12.1 Å². The molecule has 136 valence electrons. The van der Waals surface area contributed by atoms with Gasteiger partial charge in [0.15, 0.2) is 17.5 Å². The summed E-state index contributed by atoms with van der Waals surface area (Å²) in [5.74, 6) is 2.23. The maximum Gasteiger partial charge on any atom is 0.191 e. The molecule has 0 spiro atoms. The van der Waals surface area contributed by atoms with Crippen LogP contribution >= 0.6 is 0 Å². The van der Waals surface area contributed by atoms with Crippen molar-refractivity contribution >= 4 is 5.96 Å². The fourth-order valence-corrected chi connectivity index (χ4v) is 2.38. The number of nitrogens with zero attached hydrogens (tertiary/aromatic N) is 1. The molecule has 6 nitrogen and oxygen atoms in total. The van der Waals surface area contributed by atoms with Crippen molar-refractivity contribution in [3.05, 3.63) is 23.8 Å². The summed E-state index contributed by atoms with van der Waals surface area (Å²) in [5, 5.41) is 6.68. The lowest BCUT2D eigenvalue weighted by atomic mass is 9.84. The lowest BCUT2D eigenvalue weighted by Crippen LogP contribution is -2.47. The predicted molar refractivity (Wildman–Crippen MR) is 98.4 cm³/mol. The number of benzene rings is 1. The highest BCUT2D eigenvalue weighted by atomic mass is 16.5. The van der Waals surface area contributed by atoms with Crippen LogP contribution in [0.5, 0.6) is 11.5 Å². The summed E-state index contributed by atoms with van der Waals surface area (Å²) in [5.41, 5.74) is 1.05. The molecule has 0 heterocycles. The SMILES string of the molecule is CN=C(NCC(C)(C)c1ccc(OC)c(OC)c1)NC(C)COC. The van der Waals surface area contributed by atoms with E-state index in [0.717, 1.165) is 29.6 Å². The fourth-order valence-electron chi connectivity index (χ4n) is 2.38. The molecule has 0 aliphatic rings. The van der Waals surface area contributed by atoms with Crippen LogP contribution in [0.1, 0.15) is 26.3 Å². The first-order chi connectivity index (χ1) is 11.4. The number of ether oxygens (including phenoxy) is 3. The van der Waals surface area contributed by atoms with Crippen LogP contribution in [-0.4, -0.2) is 53.5 Å². The molecule has 24 heavy (non-hydrogen) atoms. The number of nitrogens with one attached hydrogen (secondary N) is 2. The summed E-state index contributed by atoms with van der Waals surface area (Å²) in [6.07, 6.45) is 0. The second-order valence-electron chi connectivity index (χ2n) is 6.38. The molecule has 6 heteroatoms. The number of methoxy groups -OCH3 is 3. The Morgan fingerprint density at radius 2 is 1.83 bits per heavy atom. The van der Waals surface area contributed by atoms with Gasteiger partial charge in [-0.25, -0.2) is 0 Å². The Morgan fingerprint density at radius 1 is 1.17 bits per heavy atom. The van der Waals surface area contributed by atoms with E-state index >= 15 is 0 Å². The van der Waals surface area contributed by atoms with Gasteiger partial charge in [0, 0.05) is 32.2 Å². The van der Waals surface area contributed by atoms with Crippen molar-refractivity contribution in [2.45, 2.75) is 32.2 Å². The van der Waals surface area contributed by atoms with E-state index in [2.05, 4.69) is 42.5 Å². The monoisotopic (exact) mass is 337 g/mol. The Morgan fingerprint density at radius 3 is 2.38 bits per heavy atom. The van der Waals surface area contributed by atoms with Gasteiger partial charge in [-0.2, -0.15) is 0 Å². The molecule has 1 rings (SSSR count). The van der Waals surface area contributed by atoms with Crippen molar-refractivity contribution in [1.82, 2.24) is 10.6 Å². The molecule has 1 aromatic carbocycles. The Kier molecular flexibility index (Phi) is 7.85. The minimum Gasteiger partial charge on any atom is -0.493 e. The highest BCUT2D eigenvalue weighted by molar-refractivity contribution is 5.80. The van der Waals surface area contributed by atoms with Gasteiger partial charge in [-0.3, -0.25) is 4.99 Å². The summed E-state index contributed by atoms with van der Waals surface area (Å²) < 4.78 is 15.8. The summed E-state index contributed by atoms with van der Waals surface area (Å²) in [6.45, 7) is 7.75. The second kappa shape index (κ2) is 9.37. The topological polar surface area (TPSA) is 64.1 Å². The molecule has 0 amide bonds.